The maximum absolute atomic E-state index is 14.1. The fourth-order valence-corrected chi connectivity index (χ4v) is 4.85. The van der Waals surface area contributed by atoms with Crippen molar-refractivity contribution >= 4 is 23.8 Å². The van der Waals surface area contributed by atoms with E-state index in [-0.39, 0.29) is 11.0 Å². The lowest BCUT2D eigenvalue weighted by Gasteiger charge is -2.35. The minimum atomic E-state index is -0.294. The number of hydrazone groups is 1. The Morgan fingerprint density at radius 1 is 1.06 bits per heavy atom. The summed E-state index contributed by atoms with van der Waals surface area (Å²) in [5.41, 5.74) is 8.40. The number of benzene rings is 3. The van der Waals surface area contributed by atoms with E-state index in [0.717, 1.165) is 40.8 Å². The van der Waals surface area contributed by atoms with E-state index >= 15 is 0 Å². The quantitative estimate of drug-likeness (QED) is 0.260. The van der Waals surface area contributed by atoms with E-state index in [1.165, 1.54) is 5.56 Å². The molecule has 3 aromatic carbocycles. The molecule has 0 spiro atoms. The third kappa shape index (κ3) is 4.52. The summed E-state index contributed by atoms with van der Waals surface area (Å²) in [5, 5.41) is 5.07. The van der Waals surface area contributed by atoms with Gasteiger partial charge in [0.15, 0.2) is 0 Å². The van der Waals surface area contributed by atoms with Gasteiger partial charge >= 0.3 is 0 Å². The van der Waals surface area contributed by atoms with Crippen LogP contribution in [0.15, 0.2) is 88.8 Å². The second-order valence-electron chi connectivity index (χ2n) is 9.21. The van der Waals surface area contributed by atoms with Crippen LogP contribution in [0.1, 0.15) is 42.5 Å². The van der Waals surface area contributed by atoms with E-state index in [4.69, 9.17) is 16.6 Å². The first-order chi connectivity index (χ1) is 17.0. The molecule has 5 rings (SSSR count). The van der Waals surface area contributed by atoms with E-state index in [0.29, 0.717) is 17.5 Å². The first kappa shape index (κ1) is 23.1. The van der Waals surface area contributed by atoms with Crippen LogP contribution in [0.2, 0.25) is 5.02 Å². The Morgan fingerprint density at radius 3 is 2.51 bits per heavy atom. The van der Waals surface area contributed by atoms with Gasteiger partial charge in [-0.2, -0.15) is 5.10 Å². The van der Waals surface area contributed by atoms with Gasteiger partial charge in [-0.05, 0) is 41.7 Å². The van der Waals surface area contributed by atoms with Crippen molar-refractivity contribution in [2.75, 3.05) is 5.43 Å². The maximum Gasteiger partial charge on any atom is 0.259 e. The number of nitrogens with zero attached hydrogens (tertiary/aromatic N) is 3. The molecule has 0 aliphatic heterocycles. The lowest BCUT2D eigenvalue weighted by Crippen LogP contribution is -2.40. The fourth-order valence-electron chi connectivity index (χ4n) is 4.72. The summed E-state index contributed by atoms with van der Waals surface area (Å²) in [6.07, 6.45) is 3.35. The summed E-state index contributed by atoms with van der Waals surface area (Å²) in [6, 6.07) is 25.6. The van der Waals surface area contributed by atoms with Crippen molar-refractivity contribution in [2.24, 2.45) is 5.10 Å². The van der Waals surface area contributed by atoms with Crippen LogP contribution < -0.4 is 11.0 Å². The van der Waals surface area contributed by atoms with Gasteiger partial charge in [-0.3, -0.25) is 9.36 Å². The highest BCUT2D eigenvalue weighted by atomic mass is 35.5. The summed E-state index contributed by atoms with van der Waals surface area (Å²) in [5.74, 6) is 0.415. The van der Waals surface area contributed by atoms with E-state index in [2.05, 4.69) is 36.5 Å². The first-order valence-corrected chi connectivity index (χ1v) is 12.2. The molecule has 35 heavy (non-hydrogen) atoms. The molecule has 0 saturated carbocycles. The Balaban J connectivity index is 1.65. The third-order valence-electron chi connectivity index (χ3n) is 6.84. The highest BCUT2D eigenvalue weighted by molar-refractivity contribution is 6.30. The SMILES string of the molecule is CCC1(C)Cc2ccccc2-c2nc(NN=Cc3ccc(Cl)cc3)n(Cc3ccccc3)c(=O)c21. The average Bonchev–Trinajstić information content (AvgIpc) is 2.87. The molecule has 0 radical (unpaired) electrons. The lowest BCUT2D eigenvalue weighted by atomic mass is 9.69. The predicted octanol–water partition coefficient (Wildman–Crippen LogP) is 6.28. The maximum atomic E-state index is 14.1. The standard InChI is InChI=1S/C29H27ClN4O/c1-3-29(2)17-22-11-7-8-12-24(22)26-25(29)27(35)34(19-21-9-5-4-6-10-21)28(32-26)33-31-18-20-13-15-23(30)16-14-20/h4-16,18H,3,17,19H2,1-2H3,(H,32,33). The number of aromatic nitrogens is 2. The minimum Gasteiger partial charge on any atom is -0.273 e. The largest absolute Gasteiger partial charge is 0.273 e. The Hall–Kier alpha value is -3.70. The van der Waals surface area contributed by atoms with Crippen molar-refractivity contribution in [3.05, 3.63) is 116 Å². The Bertz CT molecular complexity index is 1440. The monoisotopic (exact) mass is 482 g/mol. The van der Waals surface area contributed by atoms with Crippen LogP contribution >= 0.6 is 11.6 Å². The molecular weight excluding hydrogens is 456 g/mol. The molecule has 1 unspecified atom stereocenters. The van der Waals surface area contributed by atoms with Gasteiger partial charge in [0.2, 0.25) is 5.95 Å². The molecule has 0 fully saturated rings. The van der Waals surface area contributed by atoms with Crippen molar-refractivity contribution in [1.82, 2.24) is 9.55 Å². The van der Waals surface area contributed by atoms with E-state index in [1.54, 1.807) is 10.8 Å². The van der Waals surface area contributed by atoms with Crippen LogP contribution in [-0.4, -0.2) is 15.8 Å². The molecular formula is C29H27ClN4O. The van der Waals surface area contributed by atoms with Crippen LogP contribution in [0.3, 0.4) is 0 Å². The lowest BCUT2D eigenvalue weighted by molar-refractivity contribution is 0.436. The van der Waals surface area contributed by atoms with Gasteiger partial charge in [-0.25, -0.2) is 10.4 Å². The molecule has 0 amide bonds. The number of nitrogens with one attached hydrogen (secondary N) is 1. The van der Waals surface area contributed by atoms with Crippen molar-refractivity contribution in [1.29, 1.82) is 0 Å². The van der Waals surface area contributed by atoms with Gasteiger partial charge in [-0.1, -0.05) is 92.2 Å². The molecule has 1 aliphatic rings. The minimum absolute atomic E-state index is 0.0260. The Morgan fingerprint density at radius 2 is 1.77 bits per heavy atom. The molecule has 176 valence electrons. The zero-order valence-electron chi connectivity index (χ0n) is 19.8. The fraction of sp³-hybridized carbons (Fsp3) is 0.207. The topological polar surface area (TPSA) is 59.3 Å². The predicted molar refractivity (Wildman–Crippen MR) is 143 cm³/mol. The smallest absolute Gasteiger partial charge is 0.259 e. The molecule has 1 heterocycles. The van der Waals surface area contributed by atoms with Gasteiger partial charge in [-0.15, -0.1) is 0 Å². The highest BCUT2D eigenvalue weighted by Gasteiger charge is 2.38. The molecule has 4 aromatic rings. The third-order valence-corrected chi connectivity index (χ3v) is 7.09. The van der Waals surface area contributed by atoms with Gasteiger partial charge < -0.3 is 0 Å². The number of halogens is 1. The zero-order chi connectivity index (χ0) is 24.4. The van der Waals surface area contributed by atoms with E-state index in [1.807, 2.05) is 66.7 Å². The molecule has 0 saturated heterocycles. The number of rotatable bonds is 6. The van der Waals surface area contributed by atoms with E-state index < -0.39 is 0 Å². The van der Waals surface area contributed by atoms with Crippen molar-refractivity contribution in [3.8, 4) is 11.3 Å². The van der Waals surface area contributed by atoms with Gasteiger partial charge in [0, 0.05) is 16.0 Å². The summed E-state index contributed by atoms with van der Waals surface area (Å²) < 4.78 is 1.70. The first-order valence-electron chi connectivity index (χ1n) is 11.8. The molecule has 1 N–H and O–H groups in total. The summed E-state index contributed by atoms with van der Waals surface area (Å²) >= 11 is 5.99. The van der Waals surface area contributed by atoms with Crippen LogP contribution in [-0.2, 0) is 18.4 Å². The molecule has 0 bridgehead atoms. The van der Waals surface area contributed by atoms with Crippen molar-refractivity contribution in [3.63, 3.8) is 0 Å². The number of anilines is 1. The summed E-state index contributed by atoms with van der Waals surface area (Å²) in [6.45, 7) is 4.71. The summed E-state index contributed by atoms with van der Waals surface area (Å²) in [4.78, 5) is 19.1. The average molecular weight is 483 g/mol. The molecule has 5 nitrogen and oxygen atoms in total. The van der Waals surface area contributed by atoms with Crippen LogP contribution in [0.25, 0.3) is 11.3 Å². The number of hydrogen-bond acceptors (Lipinski definition) is 4. The zero-order valence-corrected chi connectivity index (χ0v) is 20.6. The molecule has 1 atom stereocenters. The normalized spacial score (nSPS) is 16.7. The second-order valence-corrected chi connectivity index (χ2v) is 9.64. The number of fused-ring (bicyclic) bond motifs is 3. The Kier molecular flexibility index (Phi) is 6.27. The summed E-state index contributed by atoms with van der Waals surface area (Å²) in [7, 11) is 0. The molecule has 1 aliphatic carbocycles. The second kappa shape index (κ2) is 9.51. The van der Waals surface area contributed by atoms with E-state index in [9.17, 15) is 4.79 Å². The van der Waals surface area contributed by atoms with Crippen LogP contribution in [0.5, 0.6) is 0 Å². The van der Waals surface area contributed by atoms with Gasteiger partial charge in [0.1, 0.15) is 0 Å². The highest BCUT2D eigenvalue weighted by Crippen LogP contribution is 2.42. The van der Waals surface area contributed by atoms with Crippen molar-refractivity contribution < 1.29 is 0 Å². The van der Waals surface area contributed by atoms with Crippen molar-refractivity contribution in [2.45, 2.75) is 38.6 Å². The van der Waals surface area contributed by atoms with Crippen LogP contribution in [0.4, 0.5) is 5.95 Å². The van der Waals surface area contributed by atoms with Gasteiger partial charge in [0.05, 0.1) is 24.0 Å². The van der Waals surface area contributed by atoms with Gasteiger partial charge in [0.25, 0.3) is 5.56 Å². The van der Waals surface area contributed by atoms with Crippen LogP contribution in [0, 0.1) is 0 Å². The number of hydrogen-bond donors (Lipinski definition) is 1. The molecule has 6 heteroatoms. The Labute approximate surface area is 210 Å². The molecule has 1 aromatic heterocycles.